The van der Waals surface area contributed by atoms with Crippen LogP contribution in [-0.2, 0) is 14.3 Å². The van der Waals surface area contributed by atoms with Crippen LogP contribution < -0.4 is 9.47 Å². The molecule has 0 spiro atoms. The molecule has 2 N–H and O–H groups in total. The molecule has 3 aliphatic heterocycles. The molecular formula is C28H42N2O7. The molecule has 37 heavy (non-hydrogen) atoms. The number of carboxylic acids is 1. The number of carboxylic acid groups (broad SMARTS) is 1. The number of nitrogens with zero attached hydrogens (tertiary/aromatic N) is 2. The maximum absolute atomic E-state index is 13.4. The smallest absolute Gasteiger partial charge is 0.308 e. The summed E-state index contributed by atoms with van der Waals surface area (Å²) in [5.74, 6) is -0.441. The Hall–Kier alpha value is -2.36. The molecule has 0 aliphatic carbocycles. The van der Waals surface area contributed by atoms with Gasteiger partial charge in [0, 0.05) is 44.8 Å². The second-order valence-corrected chi connectivity index (χ2v) is 10.5. The number of ether oxygens (including phenoxy) is 3. The zero-order valence-electron chi connectivity index (χ0n) is 22.0. The van der Waals surface area contributed by atoms with E-state index in [2.05, 4.69) is 11.8 Å². The van der Waals surface area contributed by atoms with Gasteiger partial charge in [-0.2, -0.15) is 0 Å². The second kappa shape index (κ2) is 13.4. The Morgan fingerprint density at radius 1 is 1.11 bits per heavy atom. The van der Waals surface area contributed by atoms with Crippen molar-refractivity contribution in [3.8, 4) is 11.5 Å². The summed E-state index contributed by atoms with van der Waals surface area (Å²) in [7, 11) is 0. The summed E-state index contributed by atoms with van der Waals surface area (Å²) >= 11 is 0. The first kappa shape index (κ1) is 27.7. The van der Waals surface area contributed by atoms with E-state index in [0.717, 1.165) is 50.7 Å². The molecule has 206 valence electrons. The van der Waals surface area contributed by atoms with Crippen LogP contribution in [0.15, 0.2) is 18.2 Å². The number of likely N-dealkylation sites (tertiary alicyclic amines) is 1. The van der Waals surface area contributed by atoms with Gasteiger partial charge in [-0.3, -0.25) is 14.5 Å². The number of fused-ring (bicyclic) bond motifs is 1. The minimum atomic E-state index is -0.838. The fourth-order valence-corrected chi connectivity index (χ4v) is 5.97. The Balaban J connectivity index is 1.55. The minimum absolute atomic E-state index is 0.00343. The number of benzene rings is 1. The van der Waals surface area contributed by atoms with Crippen LogP contribution in [0, 0.1) is 5.92 Å². The van der Waals surface area contributed by atoms with Gasteiger partial charge >= 0.3 is 5.97 Å². The maximum Gasteiger partial charge on any atom is 0.308 e. The van der Waals surface area contributed by atoms with Crippen molar-refractivity contribution in [2.24, 2.45) is 5.92 Å². The lowest BCUT2D eigenvalue weighted by Gasteiger charge is -2.31. The largest absolute Gasteiger partial charge is 0.481 e. The Morgan fingerprint density at radius 3 is 2.65 bits per heavy atom. The molecule has 0 saturated carbocycles. The Labute approximate surface area is 219 Å². The lowest BCUT2D eigenvalue weighted by atomic mass is 9.83. The molecule has 0 radical (unpaired) electrons. The molecular weight excluding hydrogens is 476 g/mol. The van der Waals surface area contributed by atoms with Gasteiger partial charge < -0.3 is 29.3 Å². The standard InChI is InChI=1S/C28H42N2O7/c1-2-3-12-29(13-6-14-31)26(32)18-30-17-22(20-8-11-24-25(16-20)37-19-36-24)27(28(33)34)23(30)10-9-21-7-4-5-15-35-21/h8,11,16,21-23,27,31H,2-7,9-10,12-15,17-19H2,1H3,(H,33,34)/t21?,22-,23+,27?/m1/s1. The summed E-state index contributed by atoms with van der Waals surface area (Å²) in [5, 5.41) is 19.7. The number of rotatable bonds is 13. The highest BCUT2D eigenvalue weighted by atomic mass is 16.7. The molecule has 0 aromatic heterocycles. The average Bonchev–Trinajstić information content (AvgIpc) is 3.52. The Morgan fingerprint density at radius 2 is 1.92 bits per heavy atom. The molecule has 9 nitrogen and oxygen atoms in total. The van der Waals surface area contributed by atoms with Crippen LogP contribution in [0.25, 0.3) is 0 Å². The van der Waals surface area contributed by atoms with E-state index in [4.69, 9.17) is 14.2 Å². The van der Waals surface area contributed by atoms with Gasteiger partial charge in [-0.1, -0.05) is 19.4 Å². The molecule has 4 rings (SSSR count). The predicted molar refractivity (Wildman–Crippen MR) is 138 cm³/mol. The lowest BCUT2D eigenvalue weighted by molar-refractivity contribution is -0.144. The number of aliphatic carboxylic acids is 1. The van der Waals surface area contributed by atoms with Gasteiger partial charge in [0.05, 0.1) is 18.6 Å². The van der Waals surface area contributed by atoms with Crippen molar-refractivity contribution in [1.82, 2.24) is 9.80 Å². The van der Waals surface area contributed by atoms with E-state index >= 15 is 0 Å². The van der Waals surface area contributed by atoms with Crippen molar-refractivity contribution in [3.63, 3.8) is 0 Å². The van der Waals surface area contributed by atoms with Crippen molar-refractivity contribution in [2.45, 2.75) is 76.4 Å². The lowest BCUT2D eigenvalue weighted by Crippen LogP contribution is -2.45. The third-order valence-corrected chi connectivity index (χ3v) is 7.98. The summed E-state index contributed by atoms with van der Waals surface area (Å²) in [6, 6.07) is 5.39. The summed E-state index contributed by atoms with van der Waals surface area (Å²) in [6.45, 7) is 4.88. The van der Waals surface area contributed by atoms with E-state index < -0.39 is 11.9 Å². The molecule has 9 heteroatoms. The highest BCUT2D eigenvalue weighted by Gasteiger charge is 2.47. The molecule has 1 amide bonds. The monoisotopic (exact) mass is 518 g/mol. The number of aliphatic hydroxyl groups is 1. The SMILES string of the molecule is CCCCN(CCCO)C(=O)CN1C[C@H](c2ccc3c(c2)OCO3)C(C(=O)O)[C@@H]1CCC1CCCCO1. The number of carbonyl (C=O) groups excluding carboxylic acids is 1. The first-order valence-electron chi connectivity index (χ1n) is 13.9. The molecule has 2 saturated heterocycles. The highest BCUT2D eigenvalue weighted by molar-refractivity contribution is 5.79. The van der Waals surface area contributed by atoms with Gasteiger partial charge in [0.1, 0.15) is 0 Å². The first-order chi connectivity index (χ1) is 18.0. The zero-order chi connectivity index (χ0) is 26.2. The number of carbonyl (C=O) groups is 2. The summed E-state index contributed by atoms with van der Waals surface area (Å²) in [4.78, 5) is 30.0. The van der Waals surface area contributed by atoms with Crippen molar-refractivity contribution >= 4 is 11.9 Å². The van der Waals surface area contributed by atoms with Crippen molar-refractivity contribution in [3.05, 3.63) is 23.8 Å². The predicted octanol–water partition coefficient (Wildman–Crippen LogP) is 3.24. The zero-order valence-corrected chi connectivity index (χ0v) is 22.0. The molecule has 4 atom stereocenters. The first-order valence-corrected chi connectivity index (χ1v) is 13.9. The Kier molecular flexibility index (Phi) is 10.1. The van der Waals surface area contributed by atoms with Gasteiger partial charge in [-0.15, -0.1) is 0 Å². The van der Waals surface area contributed by atoms with Gasteiger partial charge in [-0.05, 0) is 62.6 Å². The molecule has 1 aromatic carbocycles. The molecule has 2 fully saturated rings. The highest BCUT2D eigenvalue weighted by Crippen LogP contribution is 2.43. The summed E-state index contributed by atoms with van der Waals surface area (Å²) in [6.07, 6.45) is 7.23. The number of hydrogen-bond acceptors (Lipinski definition) is 7. The summed E-state index contributed by atoms with van der Waals surface area (Å²) < 4.78 is 17.0. The van der Waals surface area contributed by atoms with Crippen LogP contribution >= 0.6 is 0 Å². The van der Waals surface area contributed by atoms with Crippen molar-refractivity contribution in [2.75, 3.05) is 46.2 Å². The van der Waals surface area contributed by atoms with Crippen molar-refractivity contribution in [1.29, 1.82) is 0 Å². The van der Waals surface area contributed by atoms with Gasteiger partial charge in [0.15, 0.2) is 11.5 Å². The molecule has 1 aromatic rings. The topological polar surface area (TPSA) is 109 Å². The summed E-state index contributed by atoms with van der Waals surface area (Å²) in [5.41, 5.74) is 0.897. The fraction of sp³-hybridized carbons (Fsp3) is 0.714. The maximum atomic E-state index is 13.4. The molecule has 3 heterocycles. The average molecular weight is 519 g/mol. The Bertz CT molecular complexity index is 897. The van der Waals surface area contributed by atoms with E-state index in [0.29, 0.717) is 44.0 Å². The van der Waals surface area contributed by atoms with Crippen LogP contribution in [0.5, 0.6) is 11.5 Å². The normalized spacial score (nSPS) is 25.4. The van der Waals surface area contributed by atoms with Gasteiger partial charge in [0.25, 0.3) is 0 Å². The number of amides is 1. The third kappa shape index (κ3) is 6.94. The molecule has 3 aliphatic rings. The molecule has 0 bridgehead atoms. The van der Waals surface area contributed by atoms with Crippen LogP contribution in [-0.4, -0.2) is 90.2 Å². The van der Waals surface area contributed by atoms with E-state index in [1.54, 1.807) is 0 Å². The van der Waals surface area contributed by atoms with Crippen LogP contribution in [0.1, 0.15) is 69.8 Å². The van der Waals surface area contributed by atoms with E-state index in [1.807, 2.05) is 23.1 Å². The number of unbranched alkanes of at least 4 members (excludes halogenated alkanes) is 1. The fourth-order valence-electron chi connectivity index (χ4n) is 5.97. The van der Waals surface area contributed by atoms with Gasteiger partial charge in [-0.25, -0.2) is 0 Å². The van der Waals surface area contributed by atoms with E-state index in [-0.39, 0.29) is 43.9 Å². The van der Waals surface area contributed by atoms with Gasteiger partial charge in [0.2, 0.25) is 12.7 Å². The van der Waals surface area contributed by atoms with Crippen LogP contribution in [0.4, 0.5) is 0 Å². The minimum Gasteiger partial charge on any atom is -0.481 e. The van der Waals surface area contributed by atoms with E-state index in [9.17, 15) is 19.8 Å². The number of aliphatic hydroxyl groups excluding tert-OH is 1. The van der Waals surface area contributed by atoms with Crippen LogP contribution in [0.2, 0.25) is 0 Å². The van der Waals surface area contributed by atoms with Crippen molar-refractivity contribution < 1.29 is 34.0 Å². The molecule has 2 unspecified atom stereocenters. The second-order valence-electron chi connectivity index (χ2n) is 10.5. The third-order valence-electron chi connectivity index (χ3n) is 7.98. The quantitative estimate of drug-likeness (QED) is 0.410. The number of hydrogen-bond donors (Lipinski definition) is 2. The van der Waals surface area contributed by atoms with E-state index in [1.165, 1.54) is 0 Å². The van der Waals surface area contributed by atoms with Crippen LogP contribution in [0.3, 0.4) is 0 Å².